The van der Waals surface area contributed by atoms with E-state index in [1.54, 1.807) is 18.3 Å². The lowest BCUT2D eigenvalue weighted by atomic mass is 10.4. The second kappa shape index (κ2) is 5.20. The van der Waals surface area contributed by atoms with E-state index in [9.17, 15) is 0 Å². The zero-order chi connectivity index (χ0) is 12.3. The van der Waals surface area contributed by atoms with E-state index in [1.807, 2.05) is 6.92 Å². The molecule has 17 heavy (non-hydrogen) atoms. The van der Waals surface area contributed by atoms with E-state index in [0.717, 1.165) is 6.54 Å². The van der Waals surface area contributed by atoms with Crippen LogP contribution in [-0.4, -0.2) is 26.6 Å². The molecule has 0 aliphatic rings. The number of rotatable bonds is 2. The summed E-state index contributed by atoms with van der Waals surface area (Å²) in [6.07, 6.45) is 1.60. The minimum Gasteiger partial charge on any atom is -0.363 e. The molecule has 2 heterocycles. The van der Waals surface area contributed by atoms with Crippen LogP contribution < -0.4 is 10.6 Å². The molecule has 2 aromatic rings. The monoisotopic (exact) mass is 267 g/mol. The van der Waals surface area contributed by atoms with Crippen molar-refractivity contribution in [1.29, 1.82) is 0 Å². The average Bonchev–Trinajstić information content (AvgIpc) is 2.28. The van der Waals surface area contributed by atoms with Crippen LogP contribution >= 0.6 is 23.8 Å². The first-order chi connectivity index (χ1) is 8.19. The minimum absolute atomic E-state index is 0.387. The zero-order valence-corrected chi connectivity index (χ0v) is 10.6. The molecule has 5 nitrogen and oxygen atoms in total. The Kier molecular flexibility index (Phi) is 3.65. The molecule has 7 heteroatoms. The number of nitrogens with one attached hydrogen (secondary N) is 2. The highest BCUT2D eigenvalue weighted by atomic mass is 35.5. The fourth-order valence-corrected chi connectivity index (χ4v) is 1.65. The van der Waals surface area contributed by atoms with Gasteiger partial charge in [-0.05, 0) is 31.3 Å². The molecule has 0 fully saturated rings. The Labute approximate surface area is 109 Å². The van der Waals surface area contributed by atoms with E-state index in [-0.39, 0.29) is 0 Å². The molecule has 2 N–H and O–H groups in total. The van der Waals surface area contributed by atoms with Crippen molar-refractivity contribution in [3.8, 4) is 0 Å². The predicted octanol–water partition coefficient (Wildman–Crippen LogP) is 1.98. The lowest BCUT2D eigenvalue weighted by Gasteiger charge is -2.07. The van der Waals surface area contributed by atoms with E-state index < -0.39 is 0 Å². The quantitative estimate of drug-likeness (QED) is 0.641. The van der Waals surface area contributed by atoms with Crippen LogP contribution in [0.2, 0.25) is 5.15 Å². The van der Waals surface area contributed by atoms with Gasteiger partial charge in [-0.25, -0.2) is 15.0 Å². The van der Waals surface area contributed by atoms with Gasteiger partial charge in [-0.15, -0.1) is 0 Å². The average molecular weight is 268 g/mol. The molecule has 0 atom stereocenters. The number of fused-ring (bicyclic) bond motifs is 1. The largest absolute Gasteiger partial charge is 0.363 e. The van der Waals surface area contributed by atoms with Crippen LogP contribution in [0.3, 0.4) is 0 Å². The van der Waals surface area contributed by atoms with Crippen molar-refractivity contribution in [3.63, 3.8) is 0 Å². The number of thiocarbonyl (C=S) groups is 1. The van der Waals surface area contributed by atoms with Crippen LogP contribution in [0.15, 0.2) is 18.3 Å². The van der Waals surface area contributed by atoms with E-state index >= 15 is 0 Å². The number of aromatic nitrogens is 3. The Bertz CT molecular complexity index is 559. The molecule has 88 valence electrons. The molecule has 0 saturated heterocycles. The first-order valence-corrected chi connectivity index (χ1v) is 5.82. The predicted molar refractivity (Wildman–Crippen MR) is 72.2 cm³/mol. The highest BCUT2D eigenvalue weighted by Crippen LogP contribution is 2.13. The molecule has 0 radical (unpaired) electrons. The summed E-state index contributed by atoms with van der Waals surface area (Å²) in [5.74, 6) is 0.540. The summed E-state index contributed by atoms with van der Waals surface area (Å²) in [4.78, 5) is 12.5. The smallest absolute Gasteiger partial charge is 0.181 e. The lowest BCUT2D eigenvalue weighted by molar-refractivity contribution is 0.978. The maximum Gasteiger partial charge on any atom is 0.181 e. The van der Waals surface area contributed by atoms with Gasteiger partial charge in [-0.3, -0.25) is 0 Å². The molecule has 0 aromatic carbocycles. The topological polar surface area (TPSA) is 62.7 Å². The second-order valence-corrected chi connectivity index (χ2v) is 4.01. The molecule has 0 saturated carbocycles. The molecule has 0 aliphatic heterocycles. The van der Waals surface area contributed by atoms with Crippen molar-refractivity contribution in [2.75, 3.05) is 11.9 Å². The fourth-order valence-electron chi connectivity index (χ4n) is 1.26. The van der Waals surface area contributed by atoms with E-state index in [1.165, 1.54) is 0 Å². The highest BCUT2D eigenvalue weighted by Gasteiger charge is 2.03. The minimum atomic E-state index is 0.387. The Balaban J connectivity index is 2.27. The Morgan fingerprint density at radius 3 is 3.00 bits per heavy atom. The Hall–Kier alpha value is -1.53. The number of pyridine rings is 1. The van der Waals surface area contributed by atoms with Gasteiger partial charge in [0.25, 0.3) is 0 Å². The first kappa shape index (κ1) is 11.9. The Morgan fingerprint density at radius 1 is 1.41 bits per heavy atom. The summed E-state index contributed by atoms with van der Waals surface area (Å²) in [7, 11) is 0. The highest BCUT2D eigenvalue weighted by molar-refractivity contribution is 7.80. The second-order valence-electron chi connectivity index (χ2n) is 3.22. The molecule has 0 bridgehead atoms. The van der Waals surface area contributed by atoms with Crippen molar-refractivity contribution >= 4 is 45.9 Å². The van der Waals surface area contributed by atoms with Crippen LogP contribution in [0, 0.1) is 0 Å². The normalized spacial score (nSPS) is 10.2. The van der Waals surface area contributed by atoms with Crippen LogP contribution in [0.4, 0.5) is 5.82 Å². The number of hydrogen-bond acceptors (Lipinski definition) is 4. The fraction of sp³-hybridized carbons (Fsp3) is 0.200. The maximum absolute atomic E-state index is 5.79. The van der Waals surface area contributed by atoms with Crippen molar-refractivity contribution in [1.82, 2.24) is 20.3 Å². The third-order valence-electron chi connectivity index (χ3n) is 1.95. The van der Waals surface area contributed by atoms with Gasteiger partial charge in [-0.1, -0.05) is 11.6 Å². The van der Waals surface area contributed by atoms with Gasteiger partial charge in [0.15, 0.2) is 16.6 Å². The molecule has 0 aliphatic carbocycles. The summed E-state index contributed by atoms with van der Waals surface area (Å²) in [6.45, 7) is 2.71. The van der Waals surface area contributed by atoms with Crippen molar-refractivity contribution in [2.24, 2.45) is 0 Å². The van der Waals surface area contributed by atoms with Gasteiger partial charge in [0, 0.05) is 6.54 Å². The van der Waals surface area contributed by atoms with Gasteiger partial charge in [-0.2, -0.15) is 0 Å². The standard InChI is InChI=1S/C10H10ClN5S/c1-2-12-10(17)16-8-5-13-6-3-4-7(11)14-9(6)15-8/h3-5H,2H2,1H3,(H2,12,14,15,16,17). The van der Waals surface area contributed by atoms with E-state index in [4.69, 9.17) is 23.8 Å². The summed E-state index contributed by atoms with van der Waals surface area (Å²) >= 11 is 10.8. The van der Waals surface area contributed by atoms with Crippen molar-refractivity contribution in [2.45, 2.75) is 6.92 Å². The molecule has 2 rings (SSSR count). The van der Waals surface area contributed by atoms with Crippen molar-refractivity contribution in [3.05, 3.63) is 23.5 Å². The SMILES string of the molecule is CCNC(=S)Nc1cnc2ccc(Cl)nc2n1. The third kappa shape index (κ3) is 2.98. The third-order valence-corrected chi connectivity index (χ3v) is 2.41. The number of anilines is 1. The van der Waals surface area contributed by atoms with Gasteiger partial charge in [0.1, 0.15) is 10.7 Å². The molecular weight excluding hydrogens is 258 g/mol. The lowest BCUT2D eigenvalue weighted by Crippen LogP contribution is -2.28. The summed E-state index contributed by atoms with van der Waals surface area (Å²) in [5, 5.41) is 6.77. The molecule has 0 unspecified atom stereocenters. The molecule has 0 amide bonds. The van der Waals surface area contributed by atoms with Gasteiger partial charge in [0.05, 0.1) is 6.20 Å². The van der Waals surface area contributed by atoms with Crippen molar-refractivity contribution < 1.29 is 0 Å². The summed E-state index contributed by atoms with van der Waals surface area (Å²) in [6, 6.07) is 3.44. The molecule has 0 spiro atoms. The van der Waals surface area contributed by atoms with Crippen LogP contribution in [0.1, 0.15) is 6.92 Å². The zero-order valence-electron chi connectivity index (χ0n) is 9.07. The number of hydrogen-bond donors (Lipinski definition) is 2. The first-order valence-electron chi connectivity index (χ1n) is 5.03. The number of halogens is 1. The summed E-state index contributed by atoms with van der Waals surface area (Å²) < 4.78 is 0. The molecule has 2 aromatic heterocycles. The maximum atomic E-state index is 5.79. The molecular formula is C10H10ClN5S. The van der Waals surface area contributed by atoms with Crippen LogP contribution in [-0.2, 0) is 0 Å². The van der Waals surface area contributed by atoms with E-state index in [2.05, 4.69) is 25.6 Å². The summed E-state index contributed by atoms with van der Waals surface area (Å²) in [5.41, 5.74) is 1.18. The number of nitrogens with zero attached hydrogens (tertiary/aromatic N) is 3. The van der Waals surface area contributed by atoms with Gasteiger partial charge >= 0.3 is 0 Å². The Morgan fingerprint density at radius 2 is 2.24 bits per heavy atom. The van der Waals surface area contributed by atoms with Gasteiger partial charge < -0.3 is 10.6 Å². The van der Waals surface area contributed by atoms with E-state index in [0.29, 0.717) is 27.2 Å². The van der Waals surface area contributed by atoms with Gasteiger partial charge in [0.2, 0.25) is 0 Å². The van der Waals surface area contributed by atoms with Crippen LogP contribution in [0.5, 0.6) is 0 Å². The van der Waals surface area contributed by atoms with Crippen LogP contribution in [0.25, 0.3) is 11.2 Å².